The molecule has 0 radical (unpaired) electrons. The van der Waals surface area contributed by atoms with Gasteiger partial charge in [0.1, 0.15) is 0 Å². The summed E-state index contributed by atoms with van der Waals surface area (Å²) in [4.78, 5) is 10.1. The van der Waals surface area contributed by atoms with E-state index in [-0.39, 0.29) is 0 Å². The molecule has 1 aliphatic rings. The normalized spacial score (nSPS) is 27.8. The Bertz CT molecular complexity index is 110. The summed E-state index contributed by atoms with van der Waals surface area (Å²) in [7, 11) is 0. The Labute approximate surface area is 53.2 Å². The van der Waals surface area contributed by atoms with Gasteiger partial charge in [-0.2, -0.15) is 0 Å². The molecular weight excluding hydrogens is 120 g/mol. The number of carbonyl (C=O) groups is 1. The molecule has 1 aliphatic heterocycles. The fourth-order valence-electron chi connectivity index (χ4n) is 0.820. The van der Waals surface area contributed by atoms with Crippen LogP contribution in [0.15, 0.2) is 0 Å². The lowest BCUT2D eigenvalue weighted by atomic mass is 10.2. The molecule has 2 N–H and O–H groups in total. The molecule has 0 aromatic carbocycles. The van der Waals surface area contributed by atoms with E-state index >= 15 is 0 Å². The fraction of sp³-hybridized carbons (Fsp3) is 0.800. The van der Waals surface area contributed by atoms with Crippen LogP contribution in [-0.4, -0.2) is 31.6 Å². The molecule has 9 heavy (non-hydrogen) atoms. The Hall–Kier alpha value is -0.610. The van der Waals surface area contributed by atoms with Gasteiger partial charge in [0.05, 0.1) is 12.0 Å². The second-order valence-corrected chi connectivity index (χ2v) is 2.03. The molecule has 1 unspecified atom stereocenters. The van der Waals surface area contributed by atoms with Gasteiger partial charge in [-0.05, 0) is 0 Å². The maximum atomic E-state index is 10.1. The predicted octanol–water partition coefficient (Wildman–Crippen LogP) is -2.70. The van der Waals surface area contributed by atoms with Crippen molar-refractivity contribution in [3.63, 3.8) is 0 Å². The lowest BCUT2D eigenvalue weighted by Crippen LogP contribution is -2.56. The molecule has 0 bridgehead atoms. The van der Waals surface area contributed by atoms with Crippen LogP contribution in [0.3, 0.4) is 0 Å². The zero-order valence-electron chi connectivity index (χ0n) is 5.02. The number of piperazine rings is 1. The molecule has 0 aromatic heterocycles. The maximum absolute atomic E-state index is 10.1. The van der Waals surface area contributed by atoms with Gasteiger partial charge < -0.3 is 20.5 Å². The highest BCUT2D eigenvalue weighted by Gasteiger charge is 2.11. The lowest BCUT2D eigenvalue weighted by molar-refractivity contribution is -0.308. The topological polar surface area (TPSA) is 64.2 Å². The summed E-state index contributed by atoms with van der Waals surface area (Å²) in [5.74, 6) is -1.03. The summed E-state index contributed by atoms with van der Waals surface area (Å²) >= 11 is 0. The van der Waals surface area contributed by atoms with Gasteiger partial charge in [-0.1, -0.05) is 0 Å². The average molecular weight is 129 g/mol. The van der Waals surface area contributed by atoms with E-state index in [4.69, 9.17) is 0 Å². The maximum Gasteiger partial charge on any atom is 0.0597 e. The van der Waals surface area contributed by atoms with Gasteiger partial charge in [-0.15, -0.1) is 0 Å². The van der Waals surface area contributed by atoms with E-state index in [0.29, 0.717) is 13.1 Å². The van der Waals surface area contributed by atoms with Crippen LogP contribution in [0.4, 0.5) is 0 Å². The van der Waals surface area contributed by atoms with Crippen molar-refractivity contribution < 1.29 is 9.90 Å². The number of carbonyl (C=O) groups excluding carboxylic acids is 1. The van der Waals surface area contributed by atoms with Crippen molar-refractivity contribution in [3.8, 4) is 0 Å². The summed E-state index contributed by atoms with van der Waals surface area (Å²) < 4.78 is 0. The van der Waals surface area contributed by atoms with Crippen molar-refractivity contribution in [1.29, 1.82) is 0 Å². The summed E-state index contributed by atoms with van der Waals surface area (Å²) in [6, 6.07) is -0.501. The third-order valence-electron chi connectivity index (χ3n) is 1.33. The standard InChI is InChI=1S/C5H10N2O2/c8-5(9)4-3-6-1-2-7-4/h4,6-7H,1-3H2,(H,8,9)/p-1. The van der Waals surface area contributed by atoms with Crippen LogP contribution in [0.5, 0.6) is 0 Å². The van der Waals surface area contributed by atoms with E-state index in [1.807, 2.05) is 0 Å². The quantitative estimate of drug-likeness (QED) is 0.404. The summed E-state index contributed by atoms with van der Waals surface area (Å²) in [5, 5.41) is 15.9. The SMILES string of the molecule is O=C([O-])C1CNCCN1. The largest absolute Gasteiger partial charge is 0.548 e. The molecule has 0 spiro atoms. The Kier molecular flexibility index (Phi) is 2.02. The Morgan fingerprint density at radius 2 is 2.33 bits per heavy atom. The molecule has 4 nitrogen and oxygen atoms in total. The van der Waals surface area contributed by atoms with Gasteiger partial charge in [0.25, 0.3) is 0 Å². The number of carboxylic acid groups (broad SMARTS) is 1. The Morgan fingerprint density at radius 3 is 2.67 bits per heavy atom. The molecule has 1 saturated heterocycles. The first-order valence-corrected chi connectivity index (χ1v) is 2.95. The first kappa shape index (κ1) is 6.51. The van der Waals surface area contributed by atoms with E-state index in [0.717, 1.165) is 6.54 Å². The second-order valence-electron chi connectivity index (χ2n) is 2.03. The minimum Gasteiger partial charge on any atom is -0.548 e. The van der Waals surface area contributed by atoms with Crippen molar-refractivity contribution in [2.45, 2.75) is 6.04 Å². The van der Waals surface area contributed by atoms with Gasteiger partial charge >= 0.3 is 0 Å². The predicted molar refractivity (Wildman–Crippen MR) is 29.7 cm³/mol. The molecule has 1 rings (SSSR count). The highest BCUT2D eigenvalue weighted by Crippen LogP contribution is 1.82. The third-order valence-corrected chi connectivity index (χ3v) is 1.33. The second kappa shape index (κ2) is 2.80. The van der Waals surface area contributed by atoms with Crippen LogP contribution in [0.2, 0.25) is 0 Å². The van der Waals surface area contributed by atoms with Crippen LogP contribution >= 0.6 is 0 Å². The zero-order chi connectivity index (χ0) is 6.69. The van der Waals surface area contributed by atoms with Gasteiger partial charge in [-0.3, -0.25) is 0 Å². The minimum absolute atomic E-state index is 0.475. The van der Waals surface area contributed by atoms with E-state index in [2.05, 4.69) is 10.6 Å². The van der Waals surface area contributed by atoms with Gasteiger partial charge in [0.15, 0.2) is 0 Å². The van der Waals surface area contributed by atoms with Gasteiger partial charge in [0.2, 0.25) is 0 Å². The highest BCUT2D eigenvalue weighted by molar-refractivity contribution is 5.71. The van der Waals surface area contributed by atoms with Crippen molar-refractivity contribution in [2.75, 3.05) is 19.6 Å². The molecule has 52 valence electrons. The van der Waals surface area contributed by atoms with E-state index in [9.17, 15) is 9.90 Å². The molecule has 0 aromatic rings. The number of carboxylic acids is 1. The minimum atomic E-state index is -1.03. The molecule has 0 saturated carbocycles. The lowest BCUT2D eigenvalue weighted by Gasteiger charge is -2.24. The van der Waals surface area contributed by atoms with Crippen molar-refractivity contribution in [1.82, 2.24) is 10.6 Å². The Balaban J connectivity index is 2.31. The van der Waals surface area contributed by atoms with Gasteiger partial charge in [-0.25, -0.2) is 0 Å². The number of hydrogen-bond donors (Lipinski definition) is 2. The third kappa shape index (κ3) is 1.65. The first-order chi connectivity index (χ1) is 4.30. The van der Waals surface area contributed by atoms with Crippen LogP contribution in [0.25, 0.3) is 0 Å². The zero-order valence-corrected chi connectivity index (χ0v) is 5.02. The van der Waals surface area contributed by atoms with Crippen LogP contribution in [0.1, 0.15) is 0 Å². The van der Waals surface area contributed by atoms with Gasteiger partial charge in [0, 0.05) is 19.6 Å². The smallest absolute Gasteiger partial charge is 0.0597 e. The molecule has 0 aliphatic carbocycles. The van der Waals surface area contributed by atoms with E-state index in [1.54, 1.807) is 0 Å². The summed E-state index contributed by atoms with van der Waals surface area (Å²) in [6.07, 6.45) is 0. The molecule has 1 fully saturated rings. The van der Waals surface area contributed by atoms with Crippen molar-refractivity contribution >= 4 is 5.97 Å². The number of aliphatic carboxylic acids is 1. The van der Waals surface area contributed by atoms with E-state index in [1.165, 1.54) is 0 Å². The molecule has 0 amide bonds. The summed E-state index contributed by atoms with van der Waals surface area (Å²) in [5.41, 5.74) is 0. The molecular formula is C5H9N2O2-. The van der Waals surface area contributed by atoms with Crippen molar-refractivity contribution in [3.05, 3.63) is 0 Å². The monoisotopic (exact) mass is 129 g/mol. The molecule has 4 heteroatoms. The Morgan fingerprint density at radius 1 is 1.56 bits per heavy atom. The highest BCUT2D eigenvalue weighted by atomic mass is 16.4. The molecule has 1 atom stereocenters. The van der Waals surface area contributed by atoms with Crippen LogP contribution in [0, 0.1) is 0 Å². The average Bonchev–Trinajstić information content (AvgIpc) is 1.90. The van der Waals surface area contributed by atoms with Crippen molar-refractivity contribution in [2.24, 2.45) is 0 Å². The first-order valence-electron chi connectivity index (χ1n) is 2.95. The number of hydrogen-bond acceptors (Lipinski definition) is 4. The van der Waals surface area contributed by atoms with Crippen LogP contribution < -0.4 is 15.7 Å². The molecule has 1 heterocycles. The summed E-state index contributed by atoms with van der Waals surface area (Å²) in [6.45, 7) is 2.02. The number of nitrogens with one attached hydrogen (secondary N) is 2. The van der Waals surface area contributed by atoms with E-state index < -0.39 is 12.0 Å². The number of rotatable bonds is 1. The van der Waals surface area contributed by atoms with Crippen LogP contribution in [-0.2, 0) is 4.79 Å². The fourth-order valence-corrected chi connectivity index (χ4v) is 0.820.